The lowest BCUT2D eigenvalue weighted by molar-refractivity contribution is 0.0947. The zero-order valence-corrected chi connectivity index (χ0v) is 26.5. The number of thioether (sulfide) groups is 1. The first-order valence-electron chi connectivity index (χ1n) is 14.0. The van der Waals surface area contributed by atoms with Gasteiger partial charge in [0.05, 0.1) is 33.1 Å². The third-order valence-electron chi connectivity index (χ3n) is 7.39. The molecule has 0 bridgehead atoms. The van der Waals surface area contributed by atoms with Gasteiger partial charge in [-0.2, -0.15) is 11.8 Å². The van der Waals surface area contributed by atoms with Crippen molar-refractivity contribution in [2.45, 2.75) is 0 Å². The van der Waals surface area contributed by atoms with Crippen LogP contribution in [-0.2, 0) is 14.1 Å². The monoisotopic (exact) mass is 650 g/mol. The van der Waals surface area contributed by atoms with Crippen molar-refractivity contribution in [2.24, 2.45) is 14.1 Å². The van der Waals surface area contributed by atoms with Gasteiger partial charge in [-0.3, -0.25) is 19.3 Å². The van der Waals surface area contributed by atoms with Crippen LogP contribution in [-0.4, -0.2) is 79.4 Å². The number of nitrogens with zero attached hydrogens (tertiary/aromatic N) is 4. The summed E-state index contributed by atoms with van der Waals surface area (Å²) in [5, 5.41) is 10.9. The van der Waals surface area contributed by atoms with Crippen LogP contribution in [0.4, 0.5) is 11.4 Å². The Kier molecular flexibility index (Phi) is 8.80. The van der Waals surface area contributed by atoms with Gasteiger partial charge in [-0.25, -0.2) is 4.98 Å². The van der Waals surface area contributed by atoms with E-state index in [0.717, 1.165) is 47.9 Å². The van der Waals surface area contributed by atoms with Crippen LogP contribution in [0, 0.1) is 0 Å². The fourth-order valence-electron chi connectivity index (χ4n) is 5.09. The maximum Gasteiger partial charge on any atom is 0.272 e. The number of H-pyrrole nitrogens is 1. The molecule has 0 unspecified atom stereocenters. The Labute approximate surface area is 267 Å². The van der Waals surface area contributed by atoms with Gasteiger partial charge in [0.2, 0.25) is 0 Å². The number of imidazole rings is 1. The van der Waals surface area contributed by atoms with Crippen molar-refractivity contribution in [1.82, 2.24) is 29.3 Å². The number of halogens is 1. The maximum absolute atomic E-state index is 13.1. The third-order valence-corrected chi connectivity index (χ3v) is 9.67. The molecule has 1 aromatic carbocycles. The second-order valence-corrected chi connectivity index (χ2v) is 13.0. The van der Waals surface area contributed by atoms with Crippen LogP contribution in [0.25, 0.3) is 22.6 Å². The molecule has 5 heterocycles. The predicted molar refractivity (Wildman–Crippen MR) is 177 cm³/mol. The lowest BCUT2D eigenvalue weighted by atomic mass is 10.2. The van der Waals surface area contributed by atoms with Gasteiger partial charge in [-0.1, -0.05) is 11.6 Å². The number of hydrogen-bond donors (Lipinski definition) is 4. The van der Waals surface area contributed by atoms with Crippen molar-refractivity contribution >= 4 is 74.8 Å². The number of benzene rings is 1. The molecule has 0 aliphatic carbocycles. The first kappa shape index (κ1) is 30.0. The number of aromatic amines is 1. The van der Waals surface area contributed by atoms with E-state index in [4.69, 9.17) is 16.6 Å². The van der Waals surface area contributed by atoms with Crippen LogP contribution in [0.5, 0.6) is 0 Å². The minimum absolute atomic E-state index is 0.114. The Balaban J connectivity index is 1.11. The standard InChI is InChI=1S/C30H31ClN8O3S2/c1-37-16-19(33-29(41)25-15-20(17-38(25)2)34-30(42)26-21(31)5-10-44-26)14-24(37)27-35-22-4-3-18(13-23(22)36-27)28(40)32-6-7-39-8-11-43-12-9-39/h3-5,10,13-17H,6-9,11-12H2,1-2H3,(H,32,40)(H,33,41)(H,34,42)(H,35,36). The highest BCUT2D eigenvalue weighted by atomic mass is 35.5. The van der Waals surface area contributed by atoms with Crippen molar-refractivity contribution < 1.29 is 14.4 Å². The third kappa shape index (κ3) is 6.55. The minimum Gasteiger partial charge on any atom is -0.351 e. The van der Waals surface area contributed by atoms with E-state index in [1.54, 1.807) is 47.6 Å². The molecule has 4 N–H and O–H groups in total. The van der Waals surface area contributed by atoms with Gasteiger partial charge >= 0.3 is 0 Å². The van der Waals surface area contributed by atoms with Crippen LogP contribution in [0.3, 0.4) is 0 Å². The number of thiophene rings is 1. The number of amides is 3. The molecule has 11 nitrogen and oxygen atoms in total. The summed E-state index contributed by atoms with van der Waals surface area (Å²) in [6, 6.07) is 10.5. The Morgan fingerprint density at radius 1 is 0.955 bits per heavy atom. The fraction of sp³-hybridized carbons (Fsp3) is 0.267. The van der Waals surface area contributed by atoms with Gasteiger partial charge in [0.25, 0.3) is 17.7 Å². The molecule has 228 valence electrons. The highest BCUT2D eigenvalue weighted by Crippen LogP contribution is 2.27. The number of carbonyl (C=O) groups is 3. The lowest BCUT2D eigenvalue weighted by Crippen LogP contribution is -2.39. The molecule has 1 aliphatic rings. The number of nitrogens with one attached hydrogen (secondary N) is 4. The lowest BCUT2D eigenvalue weighted by Gasteiger charge is -2.25. The van der Waals surface area contributed by atoms with E-state index in [1.807, 2.05) is 41.6 Å². The smallest absolute Gasteiger partial charge is 0.272 e. The molecule has 4 aromatic heterocycles. The molecule has 1 fully saturated rings. The average Bonchev–Trinajstić information content (AvgIpc) is 3.79. The summed E-state index contributed by atoms with van der Waals surface area (Å²) in [4.78, 5) is 49.3. The molecule has 14 heteroatoms. The second-order valence-electron chi connectivity index (χ2n) is 10.5. The normalized spacial score (nSPS) is 13.7. The highest BCUT2D eigenvalue weighted by Gasteiger charge is 2.19. The van der Waals surface area contributed by atoms with Gasteiger partial charge < -0.3 is 30.1 Å². The molecule has 3 amide bonds. The molecule has 44 heavy (non-hydrogen) atoms. The van der Waals surface area contributed by atoms with Crippen molar-refractivity contribution in [3.05, 3.63) is 75.3 Å². The van der Waals surface area contributed by atoms with Crippen LogP contribution in [0.15, 0.2) is 54.2 Å². The largest absolute Gasteiger partial charge is 0.351 e. The molecule has 0 spiro atoms. The molecular weight excluding hydrogens is 620 g/mol. The summed E-state index contributed by atoms with van der Waals surface area (Å²) in [6.45, 7) is 3.58. The van der Waals surface area contributed by atoms with E-state index in [9.17, 15) is 14.4 Å². The Morgan fingerprint density at radius 2 is 1.70 bits per heavy atom. The number of hydrogen-bond acceptors (Lipinski definition) is 7. The number of aromatic nitrogens is 4. The van der Waals surface area contributed by atoms with E-state index in [-0.39, 0.29) is 17.7 Å². The summed E-state index contributed by atoms with van der Waals surface area (Å²) in [5.41, 5.74) is 4.24. The molecule has 0 atom stereocenters. The summed E-state index contributed by atoms with van der Waals surface area (Å²) >= 11 is 9.29. The summed E-state index contributed by atoms with van der Waals surface area (Å²) in [5.74, 6) is 2.11. The first-order valence-corrected chi connectivity index (χ1v) is 16.4. The van der Waals surface area contributed by atoms with Crippen molar-refractivity contribution in [3.63, 3.8) is 0 Å². The number of aryl methyl sites for hydroxylation is 2. The fourth-order valence-corrected chi connectivity index (χ4v) is 7.11. The quantitative estimate of drug-likeness (QED) is 0.180. The number of carbonyl (C=O) groups excluding carboxylic acids is 3. The Morgan fingerprint density at radius 3 is 2.48 bits per heavy atom. The van der Waals surface area contributed by atoms with E-state index in [1.165, 1.54) is 11.3 Å². The second kappa shape index (κ2) is 12.9. The van der Waals surface area contributed by atoms with Crippen molar-refractivity contribution in [1.29, 1.82) is 0 Å². The summed E-state index contributed by atoms with van der Waals surface area (Å²) in [6.07, 6.45) is 3.46. The van der Waals surface area contributed by atoms with Gasteiger partial charge in [0.15, 0.2) is 5.82 Å². The molecule has 1 saturated heterocycles. The van der Waals surface area contributed by atoms with Gasteiger partial charge in [-0.05, 0) is 41.8 Å². The molecule has 0 radical (unpaired) electrons. The van der Waals surface area contributed by atoms with E-state index in [2.05, 4.69) is 25.8 Å². The predicted octanol–water partition coefficient (Wildman–Crippen LogP) is 4.91. The SMILES string of the molecule is Cn1cc(NC(=O)c2sccc2Cl)cc1C(=O)Nc1cc(-c2nc3ccc(C(=O)NCCN4CCSCC4)cc3[nH]2)n(C)c1. The Hall–Kier alpha value is -4.04. The van der Waals surface area contributed by atoms with Crippen molar-refractivity contribution in [3.8, 4) is 11.5 Å². The molecule has 5 aromatic rings. The molecule has 0 saturated carbocycles. The number of rotatable bonds is 9. The van der Waals surface area contributed by atoms with E-state index < -0.39 is 0 Å². The summed E-state index contributed by atoms with van der Waals surface area (Å²) < 4.78 is 3.51. The zero-order chi connectivity index (χ0) is 30.8. The molecular formula is C30H31ClN8O3S2. The maximum atomic E-state index is 13.1. The first-order chi connectivity index (χ1) is 21.2. The highest BCUT2D eigenvalue weighted by molar-refractivity contribution is 7.99. The molecule has 1 aliphatic heterocycles. The Bertz CT molecular complexity index is 1850. The minimum atomic E-state index is -0.334. The molecule has 6 rings (SSSR count). The van der Waals surface area contributed by atoms with Gasteiger partial charge in [0, 0.05) is 69.7 Å². The van der Waals surface area contributed by atoms with Crippen LogP contribution in [0.2, 0.25) is 5.02 Å². The number of fused-ring (bicyclic) bond motifs is 1. The topological polar surface area (TPSA) is 129 Å². The zero-order valence-electron chi connectivity index (χ0n) is 24.1. The van der Waals surface area contributed by atoms with Gasteiger partial charge in [-0.15, -0.1) is 11.3 Å². The van der Waals surface area contributed by atoms with E-state index >= 15 is 0 Å². The van der Waals surface area contributed by atoms with E-state index in [0.29, 0.717) is 44.9 Å². The van der Waals surface area contributed by atoms with Crippen molar-refractivity contribution in [2.75, 3.05) is 48.3 Å². The summed E-state index contributed by atoms with van der Waals surface area (Å²) in [7, 11) is 3.60. The van der Waals surface area contributed by atoms with Gasteiger partial charge in [0.1, 0.15) is 10.6 Å². The van der Waals surface area contributed by atoms with Crippen LogP contribution >= 0.6 is 34.7 Å². The number of anilines is 2. The van der Waals surface area contributed by atoms with Crippen LogP contribution in [0.1, 0.15) is 30.5 Å². The van der Waals surface area contributed by atoms with Crippen LogP contribution < -0.4 is 16.0 Å². The average molecular weight is 651 g/mol.